The second-order valence-corrected chi connectivity index (χ2v) is 16.8. The predicted octanol–water partition coefficient (Wildman–Crippen LogP) is 2.83. The van der Waals surface area contributed by atoms with Crippen LogP contribution in [0.1, 0.15) is 43.0 Å². The minimum Gasteiger partial charge on any atom is -0.493 e. The van der Waals surface area contributed by atoms with Crippen molar-refractivity contribution in [3.8, 4) is 23.0 Å². The largest absolute Gasteiger partial charge is 0.493 e. The summed E-state index contributed by atoms with van der Waals surface area (Å²) < 4.78 is 24.3. The molecule has 0 aromatic heterocycles. The van der Waals surface area contributed by atoms with Crippen LogP contribution in [0.15, 0.2) is 91.0 Å². The van der Waals surface area contributed by atoms with Crippen molar-refractivity contribution in [3.05, 3.63) is 124 Å². The van der Waals surface area contributed by atoms with Gasteiger partial charge in [-0.1, -0.05) is 36.4 Å². The fourth-order valence-corrected chi connectivity index (χ4v) is 9.11. The number of carbonyl (C=O) groups is 5. The number of ether oxygens (including phenoxy) is 4. The second kappa shape index (κ2) is 19.2. The molecule has 0 aliphatic carbocycles. The molecule has 9 rings (SSSR count). The van der Waals surface area contributed by atoms with E-state index in [0.717, 1.165) is 28.9 Å². The summed E-state index contributed by atoms with van der Waals surface area (Å²) in [6, 6.07) is 26.9. The number of para-hydroxylation sites is 2. The lowest BCUT2D eigenvalue weighted by Crippen LogP contribution is -2.45. The number of hydrogen-bond acceptors (Lipinski definition) is 14. The van der Waals surface area contributed by atoms with Crippen molar-refractivity contribution < 1.29 is 48.0 Å². The van der Waals surface area contributed by atoms with E-state index in [0.29, 0.717) is 63.8 Å². The van der Waals surface area contributed by atoms with E-state index in [1.807, 2.05) is 59.5 Å². The van der Waals surface area contributed by atoms with Gasteiger partial charge in [0, 0.05) is 42.8 Å². The Bertz CT molecular complexity index is 2820. The molecule has 19 nitrogen and oxygen atoms in total. The van der Waals surface area contributed by atoms with Gasteiger partial charge >= 0.3 is 0 Å². The molecule has 5 aromatic rings. The van der Waals surface area contributed by atoms with E-state index in [-0.39, 0.29) is 62.2 Å². The third-order valence-corrected chi connectivity index (χ3v) is 12.5. The minimum atomic E-state index is -1.08. The van der Waals surface area contributed by atoms with Crippen molar-refractivity contribution in [1.29, 1.82) is 0 Å². The Kier molecular flexibility index (Phi) is 12.8. The first-order valence-corrected chi connectivity index (χ1v) is 22.0. The number of nitrogens with two attached hydrogens (primary N) is 1. The number of methoxy groups -OCH3 is 2. The Hall–Kier alpha value is -7.87. The van der Waals surface area contributed by atoms with E-state index < -0.39 is 30.0 Å². The van der Waals surface area contributed by atoms with Gasteiger partial charge in [-0.15, -0.1) is 0 Å². The van der Waals surface area contributed by atoms with Crippen molar-refractivity contribution >= 4 is 58.0 Å². The lowest BCUT2D eigenvalue weighted by Gasteiger charge is -2.26. The predicted molar refractivity (Wildman–Crippen MR) is 252 cm³/mol. The molecule has 8 N–H and O–H groups in total. The third-order valence-electron chi connectivity index (χ3n) is 12.5. The fourth-order valence-electron chi connectivity index (χ4n) is 9.11. The van der Waals surface area contributed by atoms with Crippen LogP contribution in [0.5, 0.6) is 23.0 Å². The summed E-state index contributed by atoms with van der Waals surface area (Å²) in [6.07, 6.45) is 0.127. The molecular weight excluding hydrogens is 875 g/mol. The maximum atomic E-state index is 14.1. The summed E-state index contributed by atoms with van der Waals surface area (Å²) in [5, 5.41) is 22.8. The van der Waals surface area contributed by atoms with E-state index in [2.05, 4.69) is 26.7 Å². The highest BCUT2D eigenvalue weighted by Crippen LogP contribution is 2.43. The molecule has 0 fully saturated rings. The highest BCUT2D eigenvalue weighted by molar-refractivity contribution is 6.13. The summed E-state index contributed by atoms with van der Waals surface area (Å²) in [5.41, 5.74) is 9.33. The Morgan fingerprint density at radius 3 is 1.93 bits per heavy atom. The van der Waals surface area contributed by atoms with Gasteiger partial charge in [0.2, 0.25) is 17.7 Å². The molecule has 0 saturated heterocycles. The fraction of sp³-hybridized carbons (Fsp3) is 0.286. The van der Waals surface area contributed by atoms with Crippen LogP contribution in [0.4, 0.5) is 28.4 Å². The molecule has 4 heterocycles. The Labute approximate surface area is 391 Å². The smallest absolute Gasteiger partial charge is 0.260 e. The van der Waals surface area contributed by atoms with Crippen molar-refractivity contribution in [3.63, 3.8) is 0 Å². The number of rotatable bonds is 15. The standard InChI is InChI=1S/C49H51N9O10/c1-56(46(61)24-53-44(59)22-52-45(60)23-54-50)31-13-27(25-67-42-19-35-33(17-40(42)65-2)48(63)57-32(21-51-35)15-29-8-4-6-10-37(29)57)12-28(14-31)26-68-43-20-36-34(18-41(43)66-3)49(64)58-38-11-7-5-9-30(38)16-39(58)47(62)55-36/h4-14,17-20,32,39,47,51,54-55,62H,15-16,21-26,50H2,1-3H3,(H,52,60)(H,53,59)/t32-,39-,47?/m0/s1. The Morgan fingerprint density at radius 1 is 0.721 bits per heavy atom. The molecule has 0 bridgehead atoms. The number of amides is 5. The van der Waals surface area contributed by atoms with Gasteiger partial charge in [-0.3, -0.25) is 35.2 Å². The highest BCUT2D eigenvalue weighted by Gasteiger charge is 2.42. The molecule has 352 valence electrons. The van der Waals surface area contributed by atoms with Gasteiger partial charge in [0.05, 0.1) is 68.4 Å². The van der Waals surface area contributed by atoms with E-state index in [1.165, 1.54) is 19.1 Å². The zero-order chi connectivity index (χ0) is 47.6. The number of carbonyl (C=O) groups excluding carboxylic acids is 5. The molecular formula is C49H51N9O10. The first-order valence-electron chi connectivity index (χ1n) is 22.0. The molecule has 3 atom stereocenters. The summed E-state index contributed by atoms with van der Waals surface area (Å²) in [6.45, 7) is -0.423. The third kappa shape index (κ3) is 8.88. The second-order valence-electron chi connectivity index (χ2n) is 16.8. The van der Waals surface area contributed by atoms with Gasteiger partial charge in [-0.05, 0) is 77.6 Å². The number of likely N-dealkylation sites (N-methyl/N-ethyl adjacent to an activating group) is 1. The SMILES string of the molecule is COc1cc2c(cc1OCc1cc(COc3cc4c(cc3OC)C(=O)N3c5ccccc5C[C@H]3C(O)N4)cc(N(C)C(=O)CNC(=O)CNC(=O)CNN)c1)NC[C@@H]1Cc3ccccc3N1C2=O. The van der Waals surface area contributed by atoms with E-state index in [4.69, 9.17) is 24.8 Å². The van der Waals surface area contributed by atoms with Gasteiger partial charge in [0.15, 0.2) is 23.0 Å². The lowest BCUT2D eigenvalue weighted by molar-refractivity contribution is -0.126. The summed E-state index contributed by atoms with van der Waals surface area (Å²) >= 11 is 0. The van der Waals surface area contributed by atoms with Crippen molar-refractivity contribution in [1.82, 2.24) is 16.1 Å². The van der Waals surface area contributed by atoms with Crippen LogP contribution in [-0.4, -0.2) is 100 Å². The molecule has 4 aliphatic heterocycles. The first-order chi connectivity index (χ1) is 32.9. The van der Waals surface area contributed by atoms with Gasteiger partial charge in [0.25, 0.3) is 11.8 Å². The Balaban J connectivity index is 0.970. The van der Waals surface area contributed by atoms with Crippen LogP contribution in [-0.2, 0) is 40.4 Å². The van der Waals surface area contributed by atoms with Crippen molar-refractivity contribution in [2.75, 3.05) is 72.8 Å². The molecule has 5 aromatic carbocycles. The highest BCUT2D eigenvalue weighted by atomic mass is 16.5. The minimum absolute atomic E-state index is 0.00490. The average molecular weight is 926 g/mol. The zero-order valence-corrected chi connectivity index (χ0v) is 37.6. The van der Waals surface area contributed by atoms with Crippen LogP contribution >= 0.6 is 0 Å². The molecule has 5 amide bonds. The normalized spacial score (nSPS) is 17.3. The number of hydrogen-bond donors (Lipinski definition) is 7. The topological polar surface area (TPSA) is 238 Å². The van der Waals surface area contributed by atoms with E-state index >= 15 is 0 Å². The number of benzene rings is 5. The molecule has 4 aliphatic rings. The monoisotopic (exact) mass is 925 g/mol. The number of fused-ring (bicyclic) bond motifs is 8. The Morgan fingerprint density at radius 2 is 1.28 bits per heavy atom. The lowest BCUT2D eigenvalue weighted by atomic mass is 10.1. The molecule has 0 saturated carbocycles. The number of anilines is 5. The number of nitrogens with zero attached hydrogens (tertiary/aromatic N) is 3. The summed E-state index contributed by atoms with van der Waals surface area (Å²) in [7, 11) is 4.53. The van der Waals surface area contributed by atoms with Gasteiger partial charge in [-0.25, -0.2) is 0 Å². The quantitative estimate of drug-likeness (QED) is 0.0591. The average Bonchev–Trinajstić information content (AvgIpc) is 3.87. The summed E-state index contributed by atoms with van der Waals surface area (Å²) in [4.78, 5) is 70.7. The van der Waals surface area contributed by atoms with E-state index in [1.54, 1.807) is 48.3 Å². The maximum absolute atomic E-state index is 14.1. The van der Waals surface area contributed by atoms with Crippen LogP contribution < -0.4 is 66.2 Å². The summed E-state index contributed by atoms with van der Waals surface area (Å²) in [5.74, 6) is 4.49. The van der Waals surface area contributed by atoms with Crippen LogP contribution in [0.3, 0.4) is 0 Å². The van der Waals surface area contributed by atoms with Gasteiger partial charge in [-0.2, -0.15) is 0 Å². The molecule has 0 spiro atoms. The van der Waals surface area contributed by atoms with Crippen LogP contribution in [0.25, 0.3) is 0 Å². The maximum Gasteiger partial charge on any atom is 0.260 e. The molecule has 19 heteroatoms. The van der Waals surface area contributed by atoms with E-state index in [9.17, 15) is 29.1 Å². The number of aliphatic hydroxyl groups is 1. The molecule has 0 radical (unpaired) electrons. The number of nitrogens with one attached hydrogen (secondary N) is 5. The van der Waals surface area contributed by atoms with Crippen LogP contribution in [0, 0.1) is 0 Å². The van der Waals surface area contributed by atoms with Gasteiger partial charge in [0.1, 0.15) is 19.4 Å². The molecule has 1 unspecified atom stereocenters. The van der Waals surface area contributed by atoms with Crippen molar-refractivity contribution in [2.45, 2.75) is 44.4 Å². The first kappa shape index (κ1) is 45.3. The van der Waals surface area contributed by atoms with Crippen molar-refractivity contribution in [2.24, 2.45) is 5.84 Å². The number of hydrazine groups is 1. The number of aliphatic hydroxyl groups excluding tert-OH is 1. The molecule has 68 heavy (non-hydrogen) atoms. The van der Waals surface area contributed by atoms with Crippen LogP contribution in [0.2, 0.25) is 0 Å². The van der Waals surface area contributed by atoms with Gasteiger partial charge < -0.3 is 60.0 Å². The zero-order valence-electron chi connectivity index (χ0n) is 37.6.